The van der Waals surface area contributed by atoms with Crippen LogP contribution in [0.5, 0.6) is 0 Å². The molecule has 0 heterocycles. The quantitative estimate of drug-likeness (QED) is 0.542. The zero-order valence-corrected chi connectivity index (χ0v) is 12.5. The monoisotopic (exact) mass is 323 g/mol. The molecule has 0 radical (unpaired) electrons. The van der Waals surface area contributed by atoms with E-state index in [9.17, 15) is 10.1 Å². The SMILES string of the molecule is N#Cc1ccc(Cl)c(Nc2ccc3ccccc3c2[N+](=O)[O-])c1. The Hall–Kier alpha value is -3.10. The molecule has 0 unspecified atom stereocenters. The molecule has 6 heteroatoms. The highest BCUT2D eigenvalue weighted by Gasteiger charge is 2.19. The predicted molar refractivity (Wildman–Crippen MR) is 90.1 cm³/mol. The highest BCUT2D eigenvalue weighted by Crippen LogP contribution is 2.36. The van der Waals surface area contributed by atoms with Crippen molar-refractivity contribution in [3.05, 3.63) is 75.3 Å². The molecule has 0 aromatic heterocycles. The first kappa shape index (κ1) is 14.8. The van der Waals surface area contributed by atoms with Crippen LogP contribution in [0.25, 0.3) is 10.8 Å². The molecule has 0 aliphatic carbocycles. The van der Waals surface area contributed by atoms with Gasteiger partial charge in [-0.05, 0) is 35.7 Å². The molecule has 0 saturated carbocycles. The molecule has 0 spiro atoms. The zero-order chi connectivity index (χ0) is 16.4. The fourth-order valence-corrected chi connectivity index (χ4v) is 2.55. The number of halogens is 1. The molecule has 112 valence electrons. The van der Waals surface area contributed by atoms with Crippen LogP contribution in [0.1, 0.15) is 5.56 Å². The Morgan fingerprint density at radius 1 is 1.09 bits per heavy atom. The fourth-order valence-electron chi connectivity index (χ4n) is 2.39. The van der Waals surface area contributed by atoms with Crippen molar-refractivity contribution in [1.82, 2.24) is 0 Å². The van der Waals surface area contributed by atoms with E-state index in [1.165, 1.54) is 0 Å². The van der Waals surface area contributed by atoms with Gasteiger partial charge in [0.25, 0.3) is 5.69 Å². The summed E-state index contributed by atoms with van der Waals surface area (Å²) in [4.78, 5) is 11.1. The third-order valence-corrected chi connectivity index (χ3v) is 3.78. The molecule has 0 saturated heterocycles. The summed E-state index contributed by atoms with van der Waals surface area (Å²) in [6.45, 7) is 0. The van der Waals surface area contributed by atoms with E-state index in [-0.39, 0.29) is 5.69 Å². The molecule has 0 aliphatic heterocycles. The third kappa shape index (κ3) is 2.80. The van der Waals surface area contributed by atoms with Crippen LogP contribution in [-0.4, -0.2) is 4.92 Å². The summed E-state index contributed by atoms with van der Waals surface area (Å²) in [6.07, 6.45) is 0. The highest BCUT2D eigenvalue weighted by atomic mass is 35.5. The Balaban J connectivity index is 2.16. The summed E-state index contributed by atoms with van der Waals surface area (Å²) in [6, 6.07) is 17.3. The number of fused-ring (bicyclic) bond motifs is 1. The average Bonchev–Trinajstić information content (AvgIpc) is 2.56. The van der Waals surface area contributed by atoms with Crippen LogP contribution in [-0.2, 0) is 0 Å². The van der Waals surface area contributed by atoms with Gasteiger partial charge in [0, 0.05) is 0 Å². The lowest BCUT2D eigenvalue weighted by molar-refractivity contribution is -0.382. The van der Waals surface area contributed by atoms with Crippen molar-refractivity contribution in [2.24, 2.45) is 0 Å². The standard InChI is InChI=1S/C17H10ClN3O2/c18-14-7-5-11(10-19)9-16(14)20-15-8-6-12-3-1-2-4-13(12)17(15)21(22)23/h1-9,20H. The van der Waals surface area contributed by atoms with Crippen molar-refractivity contribution in [2.45, 2.75) is 0 Å². The summed E-state index contributed by atoms with van der Waals surface area (Å²) in [5.74, 6) is 0. The Bertz CT molecular complexity index is 964. The van der Waals surface area contributed by atoms with Gasteiger partial charge in [0.1, 0.15) is 5.69 Å². The van der Waals surface area contributed by atoms with Crippen LogP contribution in [0.2, 0.25) is 5.02 Å². The first-order chi connectivity index (χ1) is 11.1. The summed E-state index contributed by atoms with van der Waals surface area (Å²) in [5, 5.41) is 25.1. The van der Waals surface area contributed by atoms with Crippen LogP contribution < -0.4 is 5.32 Å². The Morgan fingerprint density at radius 3 is 2.61 bits per heavy atom. The number of rotatable bonds is 3. The van der Waals surface area contributed by atoms with Gasteiger partial charge in [-0.2, -0.15) is 5.26 Å². The maximum Gasteiger partial charge on any atom is 0.300 e. The molecule has 5 nitrogen and oxygen atoms in total. The number of nitro benzene ring substituents is 1. The van der Waals surface area contributed by atoms with E-state index < -0.39 is 4.92 Å². The second-order valence-corrected chi connectivity index (χ2v) is 5.28. The van der Waals surface area contributed by atoms with Crippen LogP contribution in [0, 0.1) is 21.4 Å². The van der Waals surface area contributed by atoms with Crippen LogP contribution in [0.15, 0.2) is 54.6 Å². The molecule has 0 atom stereocenters. The Kier molecular flexibility index (Phi) is 3.83. The summed E-state index contributed by atoms with van der Waals surface area (Å²) in [5.41, 5.74) is 1.16. The van der Waals surface area contributed by atoms with Crippen molar-refractivity contribution in [3.63, 3.8) is 0 Å². The number of nitrogens with zero attached hydrogens (tertiary/aromatic N) is 2. The third-order valence-electron chi connectivity index (χ3n) is 3.45. The number of hydrogen-bond acceptors (Lipinski definition) is 4. The smallest absolute Gasteiger partial charge is 0.300 e. The fraction of sp³-hybridized carbons (Fsp3) is 0. The largest absolute Gasteiger partial charge is 0.349 e. The minimum Gasteiger partial charge on any atom is -0.349 e. The minimum absolute atomic E-state index is 0.0264. The number of nitrogens with one attached hydrogen (secondary N) is 1. The number of hydrogen-bond donors (Lipinski definition) is 1. The maximum atomic E-state index is 11.5. The number of nitro groups is 1. The van der Waals surface area contributed by atoms with Crippen LogP contribution >= 0.6 is 11.6 Å². The van der Waals surface area contributed by atoms with Crippen molar-refractivity contribution in [3.8, 4) is 6.07 Å². The van der Waals surface area contributed by atoms with Crippen LogP contribution in [0.4, 0.5) is 17.1 Å². The average molecular weight is 324 g/mol. The molecular formula is C17H10ClN3O2. The zero-order valence-electron chi connectivity index (χ0n) is 11.8. The molecule has 3 rings (SSSR count). The van der Waals surface area contributed by atoms with Crippen LogP contribution in [0.3, 0.4) is 0 Å². The van der Waals surface area contributed by atoms with Gasteiger partial charge in [-0.3, -0.25) is 10.1 Å². The highest BCUT2D eigenvalue weighted by molar-refractivity contribution is 6.33. The minimum atomic E-state index is -0.424. The van der Waals surface area contributed by atoms with Crippen molar-refractivity contribution in [2.75, 3.05) is 5.32 Å². The van der Waals surface area contributed by atoms with Gasteiger partial charge in [-0.15, -0.1) is 0 Å². The summed E-state index contributed by atoms with van der Waals surface area (Å²) < 4.78 is 0. The van der Waals surface area contributed by atoms with Gasteiger partial charge in [0.15, 0.2) is 0 Å². The van der Waals surface area contributed by atoms with Crippen molar-refractivity contribution < 1.29 is 4.92 Å². The molecule has 0 bridgehead atoms. The van der Waals surface area contributed by atoms with Gasteiger partial charge >= 0.3 is 0 Å². The van der Waals surface area contributed by atoms with Gasteiger partial charge in [0.05, 0.1) is 32.7 Å². The maximum absolute atomic E-state index is 11.5. The Morgan fingerprint density at radius 2 is 1.87 bits per heavy atom. The summed E-state index contributed by atoms with van der Waals surface area (Å²) >= 11 is 6.11. The van der Waals surface area contributed by atoms with E-state index in [0.717, 1.165) is 5.39 Å². The van der Waals surface area contributed by atoms with E-state index >= 15 is 0 Å². The molecule has 0 fully saturated rings. The molecule has 23 heavy (non-hydrogen) atoms. The van der Waals surface area contributed by atoms with Gasteiger partial charge in [0.2, 0.25) is 0 Å². The molecule has 1 N–H and O–H groups in total. The van der Waals surface area contributed by atoms with Gasteiger partial charge in [-0.1, -0.05) is 35.9 Å². The van der Waals surface area contributed by atoms with E-state index in [1.807, 2.05) is 18.2 Å². The van der Waals surface area contributed by atoms with E-state index in [1.54, 1.807) is 42.5 Å². The van der Waals surface area contributed by atoms with Crippen molar-refractivity contribution >= 4 is 39.4 Å². The molecular weight excluding hydrogens is 314 g/mol. The second kappa shape index (κ2) is 5.95. The van der Waals surface area contributed by atoms with Gasteiger partial charge in [-0.25, -0.2) is 0 Å². The number of anilines is 2. The first-order valence-electron chi connectivity index (χ1n) is 6.73. The summed E-state index contributed by atoms with van der Waals surface area (Å²) in [7, 11) is 0. The normalized spacial score (nSPS) is 10.3. The van der Waals surface area contributed by atoms with E-state index in [0.29, 0.717) is 27.3 Å². The molecule has 3 aromatic carbocycles. The Labute approximate surface area is 136 Å². The molecule has 3 aromatic rings. The molecule has 0 amide bonds. The predicted octanol–water partition coefficient (Wildman–Crippen LogP) is 5.02. The van der Waals surface area contributed by atoms with E-state index in [4.69, 9.17) is 16.9 Å². The second-order valence-electron chi connectivity index (χ2n) is 4.87. The first-order valence-corrected chi connectivity index (χ1v) is 7.11. The number of nitriles is 1. The lowest BCUT2D eigenvalue weighted by Crippen LogP contribution is -1.99. The number of benzene rings is 3. The van der Waals surface area contributed by atoms with E-state index in [2.05, 4.69) is 5.32 Å². The molecule has 0 aliphatic rings. The topological polar surface area (TPSA) is 79.0 Å². The lowest BCUT2D eigenvalue weighted by Gasteiger charge is -2.11. The lowest BCUT2D eigenvalue weighted by atomic mass is 10.1. The van der Waals surface area contributed by atoms with Crippen molar-refractivity contribution in [1.29, 1.82) is 5.26 Å². The van der Waals surface area contributed by atoms with Gasteiger partial charge < -0.3 is 5.32 Å².